The molecule has 122 valence electrons. The fraction of sp³-hybridized carbons (Fsp3) is 0.562. The first kappa shape index (κ1) is 17.2. The molecule has 0 spiro atoms. The number of fused-ring (bicyclic) bond motifs is 1. The standard InChI is InChI=1S/C16H21BrFNO3/c1-16(2,3)22-15(20)19-8-6-13-14-10(7-9-21-13)11(17)4-5-12(14)18/h4-5,13H,6-9H2,1-3H3,(H,19,20). The van der Waals surface area contributed by atoms with E-state index in [1.165, 1.54) is 6.07 Å². The third-order valence-electron chi connectivity index (χ3n) is 3.31. The molecule has 0 saturated heterocycles. The van der Waals surface area contributed by atoms with E-state index in [4.69, 9.17) is 9.47 Å². The minimum absolute atomic E-state index is 0.264. The zero-order chi connectivity index (χ0) is 16.3. The molecule has 0 radical (unpaired) electrons. The highest BCUT2D eigenvalue weighted by Crippen LogP contribution is 2.35. The van der Waals surface area contributed by atoms with Gasteiger partial charge in [-0.1, -0.05) is 15.9 Å². The largest absolute Gasteiger partial charge is 0.444 e. The van der Waals surface area contributed by atoms with Crippen molar-refractivity contribution in [1.29, 1.82) is 0 Å². The van der Waals surface area contributed by atoms with Crippen LogP contribution >= 0.6 is 15.9 Å². The maximum Gasteiger partial charge on any atom is 0.407 e. The summed E-state index contributed by atoms with van der Waals surface area (Å²) in [6.07, 6.45) is 0.359. The maximum atomic E-state index is 14.1. The highest BCUT2D eigenvalue weighted by Gasteiger charge is 2.26. The van der Waals surface area contributed by atoms with Gasteiger partial charge in [0, 0.05) is 16.6 Å². The molecule has 1 aromatic carbocycles. The second-order valence-electron chi connectivity index (χ2n) is 6.25. The highest BCUT2D eigenvalue weighted by atomic mass is 79.9. The number of halogens is 2. The molecule has 1 aromatic rings. The fourth-order valence-electron chi connectivity index (χ4n) is 2.45. The van der Waals surface area contributed by atoms with Gasteiger partial charge >= 0.3 is 6.09 Å². The Balaban J connectivity index is 1.96. The van der Waals surface area contributed by atoms with Crippen LogP contribution in [0.1, 0.15) is 44.4 Å². The summed E-state index contributed by atoms with van der Waals surface area (Å²) in [5.41, 5.74) is 1.01. The molecule has 0 saturated carbocycles. The molecule has 0 fully saturated rings. The van der Waals surface area contributed by atoms with Gasteiger partial charge in [-0.05, 0) is 51.3 Å². The molecular weight excluding hydrogens is 353 g/mol. The van der Waals surface area contributed by atoms with E-state index in [-0.39, 0.29) is 11.9 Å². The number of benzene rings is 1. The topological polar surface area (TPSA) is 47.6 Å². The van der Waals surface area contributed by atoms with Gasteiger partial charge in [-0.25, -0.2) is 9.18 Å². The van der Waals surface area contributed by atoms with Crippen molar-refractivity contribution < 1.29 is 18.7 Å². The van der Waals surface area contributed by atoms with Crippen LogP contribution < -0.4 is 5.32 Å². The number of hydrogen-bond donors (Lipinski definition) is 1. The third-order valence-corrected chi connectivity index (χ3v) is 4.06. The van der Waals surface area contributed by atoms with Gasteiger partial charge in [0.05, 0.1) is 12.7 Å². The van der Waals surface area contributed by atoms with Crippen molar-refractivity contribution in [2.24, 2.45) is 0 Å². The minimum Gasteiger partial charge on any atom is -0.444 e. The molecule has 2 rings (SSSR count). The number of carbonyl (C=O) groups is 1. The number of hydrogen-bond acceptors (Lipinski definition) is 3. The lowest BCUT2D eigenvalue weighted by atomic mass is 9.95. The summed E-state index contributed by atoms with van der Waals surface area (Å²) in [4.78, 5) is 11.6. The van der Waals surface area contributed by atoms with Crippen LogP contribution in [0.4, 0.5) is 9.18 Å². The highest BCUT2D eigenvalue weighted by molar-refractivity contribution is 9.10. The van der Waals surface area contributed by atoms with Crippen LogP contribution in [0.15, 0.2) is 16.6 Å². The Morgan fingerprint density at radius 1 is 1.50 bits per heavy atom. The molecule has 0 aromatic heterocycles. The molecule has 22 heavy (non-hydrogen) atoms. The van der Waals surface area contributed by atoms with E-state index < -0.39 is 11.7 Å². The Kier molecular flexibility index (Phi) is 5.45. The first-order valence-electron chi connectivity index (χ1n) is 7.33. The number of alkyl carbamates (subject to hydrolysis) is 1. The SMILES string of the molecule is CC(C)(C)OC(=O)NCCC1OCCc2c(Br)ccc(F)c21. The number of rotatable bonds is 3. The predicted octanol–water partition coefficient (Wildman–Crippen LogP) is 4.12. The Morgan fingerprint density at radius 2 is 2.23 bits per heavy atom. The molecule has 1 heterocycles. The van der Waals surface area contributed by atoms with Crippen molar-refractivity contribution >= 4 is 22.0 Å². The number of nitrogens with one attached hydrogen (secondary N) is 1. The van der Waals surface area contributed by atoms with Crippen molar-refractivity contribution in [3.05, 3.63) is 33.5 Å². The number of amides is 1. The Hall–Kier alpha value is -1.14. The second-order valence-corrected chi connectivity index (χ2v) is 7.10. The lowest BCUT2D eigenvalue weighted by molar-refractivity contribution is 0.0304. The van der Waals surface area contributed by atoms with Gasteiger partial charge in [-0.3, -0.25) is 0 Å². The monoisotopic (exact) mass is 373 g/mol. The Bertz CT molecular complexity index is 557. The van der Waals surface area contributed by atoms with Crippen molar-refractivity contribution in [3.63, 3.8) is 0 Å². The van der Waals surface area contributed by atoms with Gasteiger partial charge in [-0.2, -0.15) is 0 Å². The van der Waals surface area contributed by atoms with Crippen LogP contribution in [0, 0.1) is 5.82 Å². The molecule has 0 aliphatic carbocycles. The van der Waals surface area contributed by atoms with E-state index in [9.17, 15) is 9.18 Å². The molecule has 6 heteroatoms. The summed E-state index contributed by atoms with van der Waals surface area (Å²) >= 11 is 3.46. The Morgan fingerprint density at radius 3 is 2.91 bits per heavy atom. The normalized spacial score (nSPS) is 17.8. The van der Waals surface area contributed by atoms with Crippen LogP contribution in [0.25, 0.3) is 0 Å². The predicted molar refractivity (Wildman–Crippen MR) is 85.4 cm³/mol. The number of carbonyl (C=O) groups excluding carboxylic acids is 1. The molecule has 1 aliphatic heterocycles. The molecule has 0 bridgehead atoms. The molecule has 1 unspecified atom stereocenters. The summed E-state index contributed by atoms with van der Waals surface area (Å²) in [5.74, 6) is -0.264. The zero-order valence-electron chi connectivity index (χ0n) is 13.0. The lowest BCUT2D eigenvalue weighted by Crippen LogP contribution is -2.34. The van der Waals surface area contributed by atoms with Gasteiger partial charge in [0.2, 0.25) is 0 Å². The van der Waals surface area contributed by atoms with Crippen LogP contribution in [-0.4, -0.2) is 24.8 Å². The summed E-state index contributed by atoms with van der Waals surface area (Å²) < 4.78 is 25.8. The van der Waals surface area contributed by atoms with Crippen molar-refractivity contribution in [2.75, 3.05) is 13.2 Å². The van der Waals surface area contributed by atoms with E-state index in [1.807, 2.05) is 0 Å². The van der Waals surface area contributed by atoms with Gasteiger partial charge < -0.3 is 14.8 Å². The van der Waals surface area contributed by atoms with E-state index in [2.05, 4.69) is 21.2 Å². The van der Waals surface area contributed by atoms with Gasteiger partial charge in [0.25, 0.3) is 0 Å². The minimum atomic E-state index is -0.533. The molecule has 1 N–H and O–H groups in total. The zero-order valence-corrected chi connectivity index (χ0v) is 14.6. The third kappa shape index (κ3) is 4.43. The summed E-state index contributed by atoms with van der Waals surface area (Å²) in [7, 11) is 0. The van der Waals surface area contributed by atoms with E-state index >= 15 is 0 Å². The van der Waals surface area contributed by atoms with Crippen LogP contribution in [0.3, 0.4) is 0 Å². The quantitative estimate of drug-likeness (QED) is 0.866. The van der Waals surface area contributed by atoms with Crippen LogP contribution in [0.2, 0.25) is 0 Å². The first-order chi connectivity index (χ1) is 10.3. The van der Waals surface area contributed by atoms with Crippen molar-refractivity contribution in [1.82, 2.24) is 5.32 Å². The molecular formula is C16H21BrFNO3. The first-order valence-corrected chi connectivity index (χ1v) is 8.12. The van der Waals surface area contributed by atoms with Gasteiger partial charge in [0.1, 0.15) is 11.4 Å². The molecule has 1 amide bonds. The molecule has 4 nitrogen and oxygen atoms in total. The molecule has 1 atom stereocenters. The molecule has 1 aliphatic rings. The summed E-state index contributed by atoms with van der Waals surface area (Å²) in [5, 5.41) is 2.68. The lowest BCUT2D eigenvalue weighted by Gasteiger charge is -2.27. The van der Waals surface area contributed by atoms with E-state index in [1.54, 1.807) is 26.8 Å². The fourth-order valence-corrected chi connectivity index (χ4v) is 2.99. The Labute approximate surface area is 138 Å². The summed E-state index contributed by atoms with van der Waals surface area (Å²) in [6, 6.07) is 3.15. The van der Waals surface area contributed by atoms with Crippen molar-refractivity contribution in [3.8, 4) is 0 Å². The number of ether oxygens (including phenoxy) is 2. The van der Waals surface area contributed by atoms with Crippen LogP contribution in [0.5, 0.6) is 0 Å². The second kappa shape index (κ2) is 6.96. The van der Waals surface area contributed by atoms with Crippen molar-refractivity contribution in [2.45, 2.75) is 45.3 Å². The van der Waals surface area contributed by atoms with Crippen LogP contribution in [-0.2, 0) is 15.9 Å². The summed E-state index contributed by atoms with van der Waals surface area (Å²) in [6.45, 7) is 6.33. The van der Waals surface area contributed by atoms with Gasteiger partial charge in [-0.15, -0.1) is 0 Å². The maximum absolute atomic E-state index is 14.1. The average Bonchev–Trinajstić information content (AvgIpc) is 2.41. The average molecular weight is 374 g/mol. The van der Waals surface area contributed by atoms with Gasteiger partial charge in [0.15, 0.2) is 0 Å². The smallest absolute Gasteiger partial charge is 0.407 e. The van der Waals surface area contributed by atoms with E-state index in [0.717, 1.165) is 10.0 Å². The van der Waals surface area contributed by atoms with E-state index in [0.29, 0.717) is 31.6 Å².